The van der Waals surface area contributed by atoms with Gasteiger partial charge in [-0.05, 0) is 12.1 Å². The van der Waals surface area contributed by atoms with Crippen molar-refractivity contribution in [3.63, 3.8) is 0 Å². The molecule has 0 atom stereocenters. The molecule has 8 heteroatoms. The summed E-state index contributed by atoms with van der Waals surface area (Å²) < 4.78 is 27.3. The Morgan fingerprint density at radius 2 is 2.21 bits per heavy atom. The lowest BCUT2D eigenvalue weighted by Crippen LogP contribution is -2.13. The van der Waals surface area contributed by atoms with Gasteiger partial charge in [-0.2, -0.15) is 0 Å². The molecule has 0 aliphatic carbocycles. The summed E-state index contributed by atoms with van der Waals surface area (Å²) in [4.78, 5) is 9.19. The van der Waals surface area contributed by atoms with Crippen molar-refractivity contribution in [2.75, 3.05) is 13.0 Å². The van der Waals surface area contributed by atoms with Gasteiger partial charge in [-0.1, -0.05) is 11.3 Å². The Labute approximate surface area is 84.2 Å². The fourth-order valence-electron chi connectivity index (χ4n) is 0.783. The van der Waals surface area contributed by atoms with E-state index in [1.54, 1.807) is 0 Å². The molecular weight excluding hydrogens is 230 g/mol. The molecule has 6 nitrogen and oxygen atoms in total. The van der Waals surface area contributed by atoms with Crippen LogP contribution in [0.4, 0.5) is 0 Å². The van der Waals surface area contributed by atoms with Gasteiger partial charge in [-0.25, -0.2) is 8.42 Å². The van der Waals surface area contributed by atoms with E-state index < -0.39 is 20.6 Å². The fraction of sp³-hybridized carbons (Fsp3) is 0.333. The smallest absolute Gasteiger partial charge is 0.306 e. The maximum atomic E-state index is 11.3. The number of hydrogen-bond donors (Lipinski definition) is 0. The van der Waals surface area contributed by atoms with Crippen molar-refractivity contribution in [2.24, 2.45) is 0 Å². The lowest BCUT2D eigenvalue weighted by Gasteiger charge is -1.94. The van der Waals surface area contributed by atoms with Crippen molar-refractivity contribution in [2.45, 2.75) is 4.21 Å². The monoisotopic (exact) mass is 237 g/mol. The second-order valence-electron chi connectivity index (χ2n) is 2.35. The summed E-state index contributed by atoms with van der Waals surface area (Å²) in [6.45, 7) is 0. The van der Waals surface area contributed by atoms with Gasteiger partial charge in [-0.3, -0.25) is 10.1 Å². The first-order valence-electron chi connectivity index (χ1n) is 3.44. The van der Waals surface area contributed by atoms with Crippen molar-refractivity contribution in [1.82, 2.24) is 0 Å². The minimum Gasteiger partial charge on any atom is -0.487 e. The molecule has 0 amide bonds. The van der Waals surface area contributed by atoms with Crippen LogP contribution in [-0.4, -0.2) is 26.3 Å². The second kappa shape index (κ2) is 3.93. The van der Waals surface area contributed by atoms with E-state index in [1.165, 1.54) is 19.2 Å². The van der Waals surface area contributed by atoms with Crippen LogP contribution >= 0.6 is 11.3 Å². The average Bonchev–Trinajstić information content (AvgIpc) is 2.49. The number of nitro groups is 1. The van der Waals surface area contributed by atoms with Crippen LogP contribution in [0.25, 0.3) is 0 Å². The topological polar surface area (TPSA) is 86.5 Å². The zero-order valence-electron chi connectivity index (χ0n) is 7.17. The molecule has 0 aliphatic heterocycles. The van der Waals surface area contributed by atoms with E-state index in [4.69, 9.17) is 4.74 Å². The zero-order chi connectivity index (χ0) is 10.8. The van der Waals surface area contributed by atoms with Gasteiger partial charge in [0.2, 0.25) is 0 Å². The highest BCUT2D eigenvalue weighted by molar-refractivity contribution is 7.93. The minimum atomic E-state index is -3.81. The predicted octanol–water partition coefficient (Wildman–Crippen LogP) is 0.765. The number of ether oxygens (including phenoxy) is 1. The Morgan fingerprint density at radius 3 is 2.64 bits per heavy atom. The Balaban J connectivity index is 2.98. The third-order valence-electron chi connectivity index (χ3n) is 1.34. The van der Waals surface area contributed by atoms with E-state index in [-0.39, 0.29) is 4.21 Å². The molecule has 0 radical (unpaired) electrons. The fourth-order valence-corrected chi connectivity index (χ4v) is 2.93. The van der Waals surface area contributed by atoms with Crippen LogP contribution in [0, 0.1) is 10.1 Å². The van der Waals surface area contributed by atoms with E-state index in [0.29, 0.717) is 5.06 Å². The third kappa shape index (κ3) is 2.42. The van der Waals surface area contributed by atoms with Crippen molar-refractivity contribution in [3.8, 4) is 5.06 Å². The van der Waals surface area contributed by atoms with E-state index in [1.807, 2.05) is 0 Å². The van der Waals surface area contributed by atoms with E-state index in [0.717, 1.165) is 11.3 Å². The van der Waals surface area contributed by atoms with Crippen LogP contribution in [0.2, 0.25) is 0 Å². The van der Waals surface area contributed by atoms with Gasteiger partial charge in [0, 0.05) is 4.92 Å². The van der Waals surface area contributed by atoms with Gasteiger partial charge in [0.1, 0.15) is 4.21 Å². The summed E-state index contributed by atoms with van der Waals surface area (Å²) in [6, 6.07) is 2.75. The van der Waals surface area contributed by atoms with Crippen molar-refractivity contribution >= 4 is 21.2 Å². The maximum Gasteiger partial charge on any atom is 0.306 e. The molecule has 1 heterocycles. The molecule has 1 aromatic rings. The van der Waals surface area contributed by atoms with Crippen molar-refractivity contribution in [1.29, 1.82) is 0 Å². The zero-order valence-corrected chi connectivity index (χ0v) is 8.80. The summed E-state index contributed by atoms with van der Waals surface area (Å²) in [5.74, 6) is -1.09. The largest absolute Gasteiger partial charge is 0.487 e. The summed E-state index contributed by atoms with van der Waals surface area (Å²) in [6.07, 6.45) is 0. The Hall–Kier alpha value is -1.15. The molecule has 14 heavy (non-hydrogen) atoms. The molecule has 0 bridgehead atoms. The summed E-state index contributed by atoms with van der Waals surface area (Å²) in [5, 5.41) is 10.5. The lowest BCUT2D eigenvalue weighted by atomic mass is 10.6. The Morgan fingerprint density at radius 1 is 1.57 bits per heavy atom. The number of methoxy groups -OCH3 is 1. The van der Waals surface area contributed by atoms with Crippen LogP contribution < -0.4 is 4.74 Å². The van der Waals surface area contributed by atoms with Crippen molar-refractivity contribution in [3.05, 3.63) is 22.2 Å². The molecule has 0 aliphatic rings. The van der Waals surface area contributed by atoms with E-state index >= 15 is 0 Å². The highest BCUT2D eigenvalue weighted by atomic mass is 32.2. The van der Waals surface area contributed by atoms with E-state index in [2.05, 4.69) is 0 Å². The van der Waals surface area contributed by atoms with Gasteiger partial charge < -0.3 is 4.74 Å². The first-order valence-corrected chi connectivity index (χ1v) is 5.91. The normalized spacial score (nSPS) is 11.2. The van der Waals surface area contributed by atoms with Gasteiger partial charge in [0.15, 0.2) is 5.06 Å². The number of sulfone groups is 1. The predicted molar refractivity (Wildman–Crippen MR) is 49.9 cm³/mol. The Bertz CT molecular complexity index is 435. The van der Waals surface area contributed by atoms with Crippen LogP contribution in [0.5, 0.6) is 5.06 Å². The van der Waals surface area contributed by atoms with Crippen LogP contribution in [-0.2, 0) is 9.84 Å². The molecule has 78 valence electrons. The second-order valence-corrected chi connectivity index (χ2v) is 5.59. The average molecular weight is 237 g/mol. The molecule has 0 fully saturated rings. The SMILES string of the molecule is COc1ccc(S(=O)(=O)C[N+](=O)[O-])s1. The number of nitrogens with zero attached hydrogens (tertiary/aromatic N) is 1. The van der Waals surface area contributed by atoms with E-state index in [9.17, 15) is 18.5 Å². The van der Waals surface area contributed by atoms with Gasteiger partial charge in [0.05, 0.1) is 7.11 Å². The van der Waals surface area contributed by atoms with Crippen LogP contribution in [0.3, 0.4) is 0 Å². The molecule has 1 aromatic heterocycles. The van der Waals surface area contributed by atoms with Gasteiger partial charge in [0.25, 0.3) is 9.84 Å². The first kappa shape index (κ1) is 10.9. The maximum absolute atomic E-state index is 11.3. The van der Waals surface area contributed by atoms with Crippen molar-refractivity contribution < 1.29 is 18.1 Å². The molecule has 0 spiro atoms. The minimum absolute atomic E-state index is 0.0500. The number of thiophene rings is 1. The third-order valence-corrected chi connectivity index (χ3v) is 4.49. The molecule has 0 saturated carbocycles. The Kier molecular flexibility index (Phi) is 3.06. The highest BCUT2D eigenvalue weighted by Gasteiger charge is 2.23. The molecule has 0 N–H and O–H groups in total. The van der Waals surface area contributed by atoms with Gasteiger partial charge >= 0.3 is 5.88 Å². The quantitative estimate of drug-likeness (QED) is 0.570. The molecular formula is C6H7NO5S2. The van der Waals surface area contributed by atoms with Crippen LogP contribution in [0.1, 0.15) is 0 Å². The summed E-state index contributed by atoms with van der Waals surface area (Å²) in [7, 11) is -2.41. The van der Waals surface area contributed by atoms with Crippen LogP contribution in [0.15, 0.2) is 16.3 Å². The molecule has 0 aromatic carbocycles. The standard InChI is InChI=1S/C6H7NO5S2/c1-12-5-2-3-6(13-5)14(10,11)4-7(8)9/h2-3H,4H2,1H3. The number of rotatable bonds is 4. The molecule has 0 saturated heterocycles. The summed E-state index contributed by atoms with van der Waals surface area (Å²) in [5.41, 5.74) is 0. The lowest BCUT2D eigenvalue weighted by molar-refractivity contribution is -0.458. The molecule has 0 unspecified atom stereocenters. The molecule has 1 rings (SSSR count). The highest BCUT2D eigenvalue weighted by Crippen LogP contribution is 2.28. The first-order chi connectivity index (χ1) is 6.45. The number of hydrogen-bond acceptors (Lipinski definition) is 6. The van der Waals surface area contributed by atoms with Gasteiger partial charge in [-0.15, -0.1) is 0 Å². The summed E-state index contributed by atoms with van der Waals surface area (Å²) >= 11 is 0.867.